The number of sulfonamides is 2. The normalized spacial score (nSPS) is 11.8. The number of amides is 1. The van der Waals surface area contributed by atoms with Crippen LogP contribution in [0.25, 0.3) is 62.1 Å². The van der Waals surface area contributed by atoms with Gasteiger partial charge in [0.25, 0.3) is 10.0 Å². The molecule has 6 aromatic heterocycles. The molecule has 0 saturated carbocycles. The monoisotopic (exact) mass is 1070 g/mol. The maximum Gasteiger partial charge on any atom is 0.421 e. The fourth-order valence-electron chi connectivity index (χ4n) is 8.12. The third-order valence-electron chi connectivity index (χ3n) is 11.6. The Balaban J connectivity index is 0.000000206. The third kappa shape index (κ3) is 14.2. The first-order valence-electron chi connectivity index (χ1n) is 24.3. The molecule has 10 rings (SSSR count). The number of pyridine rings is 2. The molecule has 20 heteroatoms. The van der Waals surface area contributed by atoms with Gasteiger partial charge in [0.2, 0.25) is 10.0 Å². The van der Waals surface area contributed by atoms with Crippen molar-refractivity contribution in [3.63, 3.8) is 0 Å². The number of carbonyl (C=O) groups excluding carboxylic acids is 1. The lowest BCUT2D eigenvalue weighted by Gasteiger charge is -2.19. The lowest BCUT2D eigenvalue weighted by molar-refractivity contribution is 0.0570. The lowest BCUT2D eigenvalue weighted by atomic mass is 10.1. The van der Waals surface area contributed by atoms with Gasteiger partial charge < -0.3 is 15.4 Å². The van der Waals surface area contributed by atoms with E-state index in [9.17, 15) is 21.6 Å². The number of hydrogen-bond donors (Lipinski definition) is 4. The summed E-state index contributed by atoms with van der Waals surface area (Å²) in [7, 11) is -7.62. The van der Waals surface area contributed by atoms with Crippen molar-refractivity contribution in [2.75, 3.05) is 16.4 Å². The zero-order valence-corrected chi connectivity index (χ0v) is 43.9. The minimum Gasteiger partial charge on any atom is -0.443 e. The number of anilines is 2. The van der Waals surface area contributed by atoms with Crippen molar-refractivity contribution < 1.29 is 27.8 Å². The van der Waals surface area contributed by atoms with Gasteiger partial charge in [0.05, 0.1) is 35.6 Å². The first-order valence-corrected chi connectivity index (χ1v) is 27.6. The Morgan fingerprint density at radius 2 is 1.12 bits per heavy atom. The van der Waals surface area contributed by atoms with E-state index in [2.05, 4.69) is 32.7 Å². The number of rotatable bonds is 16. The summed E-state index contributed by atoms with van der Waals surface area (Å²) in [4.78, 5) is 30.5. The molecule has 10 aromatic rings. The van der Waals surface area contributed by atoms with Crippen molar-refractivity contribution >= 4 is 54.9 Å². The van der Waals surface area contributed by atoms with Gasteiger partial charge in [-0.05, 0) is 104 Å². The van der Waals surface area contributed by atoms with Gasteiger partial charge in [0.1, 0.15) is 16.6 Å². The second-order valence-corrected chi connectivity index (χ2v) is 21.9. The molecule has 1 amide bonds. The fourth-order valence-corrected chi connectivity index (χ4v) is 9.32. The van der Waals surface area contributed by atoms with E-state index in [4.69, 9.17) is 30.0 Å². The Labute approximate surface area is 447 Å². The van der Waals surface area contributed by atoms with Crippen molar-refractivity contribution in [2.24, 2.45) is 5.14 Å². The van der Waals surface area contributed by atoms with Gasteiger partial charge in [-0.1, -0.05) is 109 Å². The fraction of sp³-hybridized carbons (Fsp3) is 0.140. The van der Waals surface area contributed by atoms with Gasteiger partial charge in [0, 0.05) is 48.5 Å². The minimum atomic E-state index is -4.08. The predicted molar refractivity (Wildman–Crippen MR) is 302 cm³/mol. The Bertz CT molecular complexity index is 3940. The molecule has 0 aliphatic rings. The third-order valence-corrected chi connectivity index (χ3v) is 13.3. The highest BCUT2D eigenvalue weighted by Gasteiger charge is 2.21. The van der Waals surface area contributed by atoms with Gasteiger partial charge in [-0.2, -0.15) is 0 Å². The molecule has 0 aliphatic heterocycles. The zero-order chi connectivity index (χ0) is 54.0. The van der Waals surface area contributed by atoms with Gasteiger partial charge in [0.15, 0.2) is 23.3 Å². The number of nitrogens with zero attached hydrogens (tertiary/aromatic N) is 8. The largest absolute Gasteiger partial charge is 0.443 e. The number of nitrogens with two attached hydrogens (primary N) is 1. The summed E-state index contributed by atoms with van der Waals surface area (Å²) in [6.45, 7) is 5.90. The van der Waals surface area contributed by atoms with Crippen molar-refractivity contribution in [2.45, 2.75) is 45.9 Å². The molecule has 0 radical (unpaired) electrons. The molecule has 0 aliphatic carbocycles. The number of benzene rings is 4. The van der Waals surface area contributed by atoms with Crippen LogP contribution in [0.1, 0.15) is 44.7 Å². The summed E-state index contributed by atoms with van der Waals surface area (Å²) in [5, 5.41) is 22.5. The predicted octanol–water partition coefficient (Wildman–Crippen LogP) is 10.0. The number of carbonyl (C=O) groups is 1. The van der Waals surface area contributed by atoms with E-state index in [1.165, 1.54) is 6.08 Å². The molecule has 6 heterocycles. The summed E-state index contributed by atoms with van der Waals surface area (Å²) < 4.78 is 58.1. The van der Waals surface area contributed by atoms with Crippen molar-refractivity contribution in [1.29, 1.82) is 0 Å². The number of primary sulfonamides is 1. The van der Waals surface area contributed by atoms with Crippen molar-refractivity contribution in [1.82, 2.24) is 43.9 Å². The number of fused-ring (bicyclic) bond motifs is 2. The highest BCUT2D eigenvalue weighted by atomic mass is 32.2. The molecule has 0 atom stereocenters. The van der Waals surface area contributed by atoms with E-state index >= 15 is 0 Å². The van der Waals surface area contributed by atoms with E-state index in [-0.39, 0.29) is 7.18 Å². The summed E-state index contributed by atoms with van der Waals surface area (Å²) >= 11 is 0. The highest BCUT2D eigenvalue weighted by Crippen LogP contribution is 2.33. The van der Waals surface area contributed by atoms with Gasteiger partial charge in [-0.3, -0.25) is 9.97 Å². The number of aromatic nitrogens is 8. The van der Waals surface area contributed by atoms with Gasteiger partial charge >= 0.3 is 6.09 Å². The Morgan fingerprint density at radius 3 is 1.61 bits per heavy atom. The molecule has 392 valence electrons. The van der Waals surface area contributed by atoms with Crippen molar-refractivity contribution in [3.05, 3.63) is 210 Å². The van der Waals surface area contributed by atoms with Crippen molar-refractivity contribution in [3.8, 4) is 45.0 Å². The maximum absolute atomic E-state index is 12.4. The molecular formula is C57H56N12O6S2. The van der Waals surface area contributed by atoms with Crippen LogP contribution in [0, 0.1) is 0 Å². The molecule has 0 saturated heterocycles. The maximum atomic E-state index is 12.4. The van der Waals surface area contributed by atoms with Crippen LogP contribution < -0.4 is 20.5 Å². The quantitative estimate of drug-likeness (QED) is 0.0704. The van der Waals surface area contributed by atoms with E-state index in [1.807, 2.05) is 149 Å². The van der Waals surface area contributed by atoms with Crippen LogP contribution in [0.15, 0.2) is 188 Å². The number of ether oxygens (including phenoxy) is 1. The summed E-state index contributed by atoms with van der Waals surface area (Å²) in [6.07, 6.45) is 7.96. The lowest BCUT2D eigenvalue weighted by Crippen LogP contribution is -2.35. The average Bonchev–Trinajstić information content (AvgIpc) is 4.10. The van der Waals surface area contributed by atoms with E-state index in [0.717, 1.165) is 61.2 Å². The standard InChI is InChI=1S/C31H30N6O4S.C26H24N6O2S.H2/c1-31(2,3)41-30(38)36-42(39,40)19-16-22-10-9-13-24(20-22)28-34-29(33-21-25-14-7-8-17-32-25)27-26(15-18-37(27)35-28)23-11-5-4-6-12-23;27-35(33,34)16-13-19-7-6-10-21(17-19)25-30-26(29-18-22-11-4-5-14-28-22)24-23(12-15-32(24)31-25)20-8-2-1-3-9-20;/h4-20H,21H2,1-3H3,(H,36,38)(H,33,34,35);1-12,14-15,17H,13,16,18H2,(H2,27,33,34)(H,29,30,31);1H/b19-16+;;. The SMILES string of the molecule is CC(C)(C)OC(=O)NS(=O)(=O)/C=C/c1cccc(-c2nc(NCc3ccccn3)c3c(-c4ccccc4)ccn3n2)c1.NS(=O)(=O)CCc1cccc(-c2nc(NCc3ccccn3)c3c(-c4ccccc4)ccn3n2)c1.[HH]. The zero-order valence-electron chi connectivity index (χ0n) is 42.2. The van der Waals surface area contributed by atoms with E-state index in [0.29, 0.717) is 53.9 Å². The van der Waals surface area contributed by atoms with Crippen LogP contribution in [-0.2, 0) is 44.3 Å². The van der Waals surface area contributed by atoms with Crippen LogP contribution >= 0.6 is 0 Å². The topological polar surface area (TPSA) is 243 Å². The molecule has 0 unspecified atom stereocenters. The summed E-state index contributed by atoms with van der Waals surface area (Å²) in [5.41, 5.74) is 9.58. The minimum absolute atomic E-state index is 0. The highest BCUT2D eigenvalue weighted by molar-refractivity contribution is 7.93. The van der Waals surface area contributed by atoms with E-state index < -0.39 is 31.7 Å². The van der Waals surface area contributed by atoms with Crippen LogP contribution in [0.3, 0.4) is 0 Å². The number of nitrogens with one attached hydrogen (secondary N) is 3. The molecule has 0 fully saturated rings. The molecule has 0 spiro atoms. The average molecular weight is 1070 g/mol. The molecular weight excluding hydrogens is 1010 g/mol. The molecule has 18 nitrogen and oxygen atoms in total. The first kappa shape index (κ1) is 52.7. The van der Waals surface area contributed by atoms with Crippen LogP contribution in [-0.4, -0.2) is 73.4 Å². The van der Waals surface area contributed by atoms with Gasteiger partial charge in [-0.25, -0.2) is 50.5 Å². The summed E-state index contributed by atoms with van der Waals surface area (Å²) in [6, 6.07) is 50.3. The molecule has 77 heavy (non-hydrogen) atoms. The number of aryl methyl sites for hydroxylation is 1. The summed E-state index contributed by atoms with van der Waals surface area (Å²) in [5.74, 6) is 2.14. The van der Waals surface area contributed by atoms with Crippen LogP contribution in [0.2, 0.25) is 0 Å². The van der Waals surface area contributed by atoms with Crippen LogP contribution in [0.4, 0.5) is 16.4 Å². The second-order valence-electron chi connectivity index (χ2n) is 18.6. The number of hydrogen-bond acceptors (Lipinski definition) is 14. The Hall–Kier alpha value is -9.11. The van der Waals surface area contributed by atoms with E-state index in [1.54, 1.807) is 55.9 Å². The van der Waals surface area contributed by atoms with Gasteiger partial charge in [-0.15, -0.1) is 10.2 Å². The molecule has 4 aromatic carbocycles. The Morgan fingerprint density at radius 1 is 0.623 bits per heavy atom. The smallest absolute Gasteiger partial charge is 0.421 e. The van der Waals surface area contributed by atoms with Crippen LogP contribution in [0.5, 0.6) is 0 Å². The second kappa shape index (κ2) is 23.2. The first-order chi connectivity index (χ1) is 37.0. The Kier molecular flexibility index (Phi) is 15.9. The molecule has 5 N–H and O–H groups in total. The molecule has 0 bridgehead atoms.